The van der Waals surface area contributed by atoms with Gasteiger partial charge in [-0.3, -0.25) is 4.90 Å². The smallest absolute Gasteiger partial charge is 0.00673 e. The van der Waals surface area contributed by atoms with Crippen LogP contribution in [0.4, 0.5) is 0 Å². The van der Waals surface area contributed by atoms with Gasteiger partial charge in [0.05, 0.1) is 0 Å². The average Bonchev–Trinajstić information content (AvgIpc) is 2.43. The number of nitrogens with one attached hydrogen (secondary N) is 1. The third-order valence-electron chi connectivity index (χ3n) is 5.90. The number of nitrogens with zero attached hydrogens (tertiary/aromatic N) is 1. The Hall–Kier alpha value is -0.0800. The lowest BCUT2D eigenvalue weighted by molar-refractivity contribution is 0.0332. The van der Waals surface area contributed by atoms with E-state index >= 15 is 0 Å². The lowest BCUT2D eigenvalue weighted by Crippen LogP contribution is -2.51. The van der Waals surface area contributed by atoms with Crippen LogP contribution >= 0.6 is 0 Å². The van der Waals surface area contributed by atoms with Gasteiger partial charge in [-0.05, 0) is 62.8 Å². The Balaban J connectivity index is 2.00. The minimum absolute atomic E-state index is 0.540. The van der Waals surface area contributed by atoms with Gasteiger partial charge in [0.25, 0.3) is 0 Å². The molecule has 0 spiro atoms. The van der Waals surface area contributed by atoms with Gasteiger partial charge in [0, 0.05) is 25.7 Å². The molecular formula is C19H38N2. The van der Waals surface area contributed by atoms with Gasteiger partial charge < -0.3 is 5.32 Å². The van der Waals surface area contributed by atoms with Gasteiger partial charge >= 0.3 is 0 Å². The molecule has 0 aromatic carbocycles. The number of piperidine rings is 1. The third-order valence-corrected chi connectivity index (χ3v) is 5.90. The van der Waals surface area contributed by atoms with E-state index in [1.54, 1.807) is 0 Å². The van der Waals surface area contributed by atoms with E-state index in [1.807, 2.05) is 0 Å². The monoisotopic (exact) mass is 294 g/mol. The first kappa shape index (κ1) is 17.3. The molecule has 4 atom stereocenters. The second kappa shape index (κ2) is 7.97. The highest BCUT2D eigenvalue weighted by Gasteiger charge is 2.38. The molecule has 1 saturated carbocycles. The van der Waals surface area contributed by atoms with Crippen molar-refractivity contribution in [2.45, 2.75) is 78.7 Å². The molecule has 2 nitrogen and oxygen atoms in total. The van der Waals surface area contributed by atoms with Crippen LogP contribution in [0.5, 0.6) is 0 Å². The summed E-state index contributed by atoms with van der Waals surface area (Å²) in [5.41, 5.74) is 0.540. The van der Waals surface area contributed by atoms with Crippen molar-refractivity contribution in [3.05, 3.63) is 0 Å². The summed E-state index contributed by atoms with van der Waals surface area (Å²) in [6.45, 7) is 14.7. The topological polar surface area (TPSA) is 15.3 Å². The number of hydrogen-bond donors (Lipinski definition) is 1. The maximum atomic E-state index is 3.76. The Bertz CT molecular complexity index is 304. The van der Waals surface area contributed by atoms with E-state index < -0.39 is 0 Å². The molecule has 1 heterocycles. The van der Waals surface area contributed by atoms with Crippen LogP contribution in [-0.4, -0.2) is 37.1 Å². The Morgan fingerprint density at radius 1 is 1.10 bits per heavy atom. The fourth-order valence-corrected chi connectivity index (χ4v) is 4.69. The maximum absolute atomic E-state index is 3.76. The van der Waals surface area contributed by atoms with Crippen LogP contribution in [0.1, 0.15) is 72.6 Å². The van der Waals surface area contributed by atoms with Crippen LogP contribution in [0.2, 0.25) is 0 Å². The standard InChI is InChI=1S/C19H38N2/c1-5-11-20-14-19(10-6-7-16(2)12-19)15-21-13-17(3)8-9-18(21)4/h16-18,20H,5-15H2,1-4H3. The third kappa shape index (κ3) is 4.96. The highest BCUT2D eigenvalue weighted by Crippen LogP contribution is 2.40. The van der Waals surface area contributed by atoms with Gasteiger partial charge in [0.1, 0.15) is 0 Å². The molecular weight excluding hydrogens is 256 g/mol. The zero-order valence-electron chi connectivity index (χ0n) is 15.0. The fraction of sp³-hybridized carbons (Fsp3) is 1.00. The zero-order chi connectivity index (χ0) is 15.3. The molecule has 1 aliphatic heterocycles. The van der Waals surface area contributed by atoms with Gasteiger partial charge in [0.15, 0.2) is 0 Å². The van der Waals surface area contributed by atoms with E-state index in [1.165, 1.54) is 71.1 Å². The molecule has 0 aromatic rings. The van der Waals surface area contributed by atoms with Crippen LogP contribution in [0.25, 0.3) is 0 Å². The summed E-state index contributed by atoms with van der Waals surface area (Å²) in [5, 5.41) is 3.76. The lowest BCUT2D eigenvalue weighted by atomic mass is 9.69. The summed E-state index contributed by atoms with van der Waals surface area (Å²) >= 11 is 0. The van der Waals surface area contributed by atoms with Gasteiger partial charge in [-0.25, -0.2) is 0 Å². The summed E-state index contributed by atoms with van der Waals surface area (Å²) < 4.78 is 0. The molecule has 124 valence electrons. The highest BCUT2D eigenvalue weighted by atomic mass is 15.2. The predicted octanol–water partition coefficient (Wildman–Crippen LogP) is 4.30. The van der Waals surface area contributed by atoms with Crippen molar-refractivity contribution >= 4 is 0 Å². The van der Waals surface area contributed by atoms with Crippen LogP contribution in [0.3, 0.4) is 0 Å². The van der Waals surface area contributed by atoms with Crippen LogP contribution in [0, 0.1) is 17.3 Å². The van der Waals surface area contributed by atoms with E-state index in [-0.39, 0.29) is 0 Å². The first-order valence-electron chi connectivity index (χ1n) is 9.49. The van der Waals surface area contributed by atoms with Crippen molar-refractivity contribution in [1.82, 2.24) is 10.2 Å². The van der Waals surface area contributed by atoms with Gasteiger partial charge in [0.2, 0.25) is 0 Å². The van der Waals surface area contributed by atoms with Crippen LogP contribution < -0.4 is 5.32 Å². The summed E-state index contributed by atoms with van der Waals surface area (Å²) in [7, 11) is 0. The summed E-state index contributed by atoms with van der Waals surface area (Å²) in [5.74, 6) is 1.81. The summed E-state index contributed by atoms with van der Waals surface area (Å²) in [6, 6.07) is 0.793. The predicted molar refractivity (Wildman–Crippen MR) is 92.7 cm³/mol. The van der Waals surface area contributed by atoms with Crippen molar-refractivity contribution in [3.8, 4) is 0 Å². The zero-order valence-corrected chi connectivity index (χ0v) is 15.0. The molecule has 21 heavy (non-hydrogen) atoms. The van der Waals surface area contributed by atoms with Crippen molar-refractivity contribution in [3.63, 3.8) is 0 Å². The molecule has 1 N–H and O–H groups in total. The number of hydrogen-bond acceptors (Lipinski definition) is 2. The minimum atomic E-state index is 0.540. The van der Waals surface area contributed by atoms with Crippen molar-refractivity contribution < 1.29 is 0 Å². The molecule has 1 saturated heterocycles. The quantitative estimate of drug-likeness (QED) is 0.735. The highest BCUT2D eigenvalue weighted by molar-refractivity contribution is 4.92. The molecule has 2 fully saturated rings. The number of rotatable bonds is 6. The first-order valence-corrected chi connectivity index (χ1v) is 9.49. The van der Waals surface area contributed by atoms with Crippen molar-refractivity contribution in [1.29, 1.82) is 0 Å². The Morgan fingerprint density at radius 3 is 2.62 bits per heavy atom. The second-order valence-electron chi connectivity index (χ2n) is 8.34. The molecule has 0 aromatic heterocycles. The Morgan fingerprint density at radius 2 is 1.90 bits per heavy atom. The van der Waals surface area contributed by atoms with Gasteiger partial charge in [-0.1, -0.05) is 33.6 Å². The van der Waals surface area contributed by atoms with Crippen LogP contribution in [-0.2, 0) is 0 Å². The molecule has 2 rings (SSSR count). The molecule has 1 aliphatic carbocycles. The lowest BCUT2D eigenvalue weighted by Gasteiger charge is -2.47. The van der Waals surface area contributed by atoms with Crippen molar-refractivity contribution in [2.24, 2.45) is 17.3 Å². The summed E-state index contributed by atoms with van der Waals surface area (Å²) in [4.78, 5) is 2.82. The average molecular weight is 295 g/mol. The minimum Gasteiger partial charge on any atom is -0.316 e. The molecule has 4 unspecified atom stereocenters. The van der Waals surface area contributed by atoms with Gasteiger partial charge in [-0.15, -0.1) is 0 Å². The molecule has 2 heteroatoms. The molecule has 0 amide bonds. The Kier molecular flexibility index (Phi) is 6.55. The summed E-state index contributed by atoms with van der Waals surface area (Å²) in [6.07, 6.45) is 9.83. The second-order valence-corrected chi connectivity index (χ2v) is 8.34. The molecule has 0 bridgehead atoms. The van der Waals surface area contributed by atoms with Crippen LogP contribution in [0.15, 0.2) is 0 Å². The largest absolute Gasteiger partial charge is 0.316 e. The molecule has 0 radical (unpaired) electrons. The van der Waals surface area contributed by atoms with E-state index in [2.05, 4.69) is 37.9 Å². The van der Waals surface area contributed by atoms with E-state index in [0.717, 1.165) is 17.9 Å². The van der Waals surface area contributed by atoms with Gasteiger partial charge in [-0.2, -0.15) is 0 Å². The SMILES string of the molecule is CCCNCC1(CN2CC(C)CCC2C)CCCC(C)C1. The Labute approximate surface area is 133 Å². The van der Waals surface area contributed by atoms with Crippen molar-refractivity contribution in [2.75, 3.05) is 26.2 Å². The number of likely N-dealkylation sites (tertiary alicyclic amines) is 1. The normalized spacial score (nSPS) is 38.6. The fourth-order valence-electron chi connectivity index (χ4n) is 4.69. The van der Waals surface area contributed by atoms with E-state index in [4.69, 9.17) is 0 Å². The maximum Gasteiger partial charge on any atom is 0.00673 e. The van der Waals surface area contributed by atoms with E-state index in [0.29, 0.717) is 5.41 Å². The first-order chi connectivity index (χ1) is 10.0. The van der Waals surface area contributed by atoms with E-state index in [9.17, 15) is 0 Å². The molecule has 2 aliphatic rings.